The summed E-state index contributed by atoms with van der Waals surface area (Å²) in [4.78, 5) is 0. The van der Waals surface area contributed by atoms with Gasteiger partial charge in [0.1, 0.15) is 6.73 Å². The van der Waals surface area contributed by atoms with Gasteiger partial charge in [-0.15, -0.1) is 13.2 Å². The molecule has 0 aromatic rings. The normalized spacial score (nSPS) is 14.8. The summed E-state index contributed by atoms with van der Waals surface area (Å²) in [7, 11) is 1.86. The summed E-state index contributed by atoms with van der Waals surface area (Å²) in [6, 6.07) is 0. The van der Waals surface area contributed by atoms with Gasteiger partial charge < -0.3 is 9.47 Å². The van der Waals surface area contributed by atoms with E-state index in [1.54, 1.807) is 0 Å². The van der Waals surface area contributed by atoms with Gasteiger partial charge in [0.2, 0.25) is 0 Å². The van der Waals surface area contributed by atoms with Crippen molar-refractivity contribution in [2.24, 2.45) is 0 Å². The van der Waals surface area contributed by atoms with Crippen molar-refractivity contribution in [3.8, 4) is 0 Å². The summed E-state index contributed by atoms with van der Waals surface area (Å²) < 4.78 is 46.5. The molecule has 0 saturated heterocycles. The first kappa shape index (κ1) is 15.0. The van der Waals surface area contributed by atoms with Crippen LogP contribution in [0.2, 0.25) is 0 Å². The molecule has 0 radical (unpaired) electrons. The zero-order valence-electron chi connectivity index (χ0n) is 9.87. The topological polar surface area (TPSA) is 21.7 Å². The lowest BCUT2D eigenvalue weighted by Crippen LogP contribution is -2.14. The molecule has 0 amide bonds. The van der Waals surface area contributed by atoms with Crippen LogP contribution >= 0.6 is 11.9 Å². The molecule has 3 nitrogen and oxygen atoms in total. The molecule has 0 saturated carbocycles. The van der Waals surface area contributed by atoms with E-state index < -0.39 is 12.1 Å². The molecule has 0 aliphatic heterocycles. The summed E-state index contributed by atoms with van der Waals surface area (Å²) in [6.07, 6.45) is -0.159. The third kappa shape index (κ3) is 6.00. The van der Waals surface area contributed by atoms with Crippen molar-refractivity contribution in [2.75, 3.05) is 26.6 Å². The average Bonchev–Trinajstić information content (AvgIpc) is 2.29. The molecule has 1 aliphatic rings. The van der Waals surface area contributed by atoms with Gasteiger partial charge in [-0.2, -0.15) is 0 Å². The maximum Gasteiger partial charge on any atom is 0.573 e. The third-order valence-electron chi connectivity index (χ3n) is 1.85. The van der Waals surface area contributed by atoms with E-state index >= 15 is 0 Å². The molecular formula is C11H12F3NO2S. The smallest absolute Gasteiger partial charge is 0.397 e. The van der Waals surface area contributed by atoms with Crippen molar-refractivity contribution in [1.29, 1.82) is 0 Å². The summed E-state index contributed by atoms with van der Waals surface area (Å²) in [6.45, 7) is 0.670. The molecule has 0 heterocycles. The highest BCUT2D eigenvalue weighted by molar-refractivity contribution is 7.96. The van der Waals surface area contributed by atoms with E-state index in [1.807, 2.05) is 17.6 Å². The molecule has 0 fully saturated rings. The molecule has 100 valence electrons. The van der Waals surface area contributed by atoms with Crippen LogP contribution in [0.3, 0.4) is 0 Å². The number of ether oxygens (including phenoxy) is 2. The molecule has 0 atom stereocenters. The van der Waals surface area contributed by atoms with Crippen LogP contribution in [0.25, 0.3) is 0 Å². The summed E-state index contributed by atoms with van der Waals surface area (Å²) in [5.41, 5.74) is 5.44. The number of hydrogen-bond acceptors (Lipinski definition) is 4. The Labute approximate surface area is 107 Å². The highest BCUT2D eigenvalue weighted by Gasteiger charge is 2.31. The first-order valence-corrected chi connectivity index (χ1v) is 6.10. The fraction of sp³-hybridized carbons (Fsp3) is 0.455. The number of hydrogen-bond donors (Lipinski definition) is 0. The van der Waals surface area contributed by atoms with Crippen LogP contribution in [0, 0.1) is 0 Å². The fourth-order valence-corrected chi connectivity index (χ4v) is 1.19. The summed E-state index contributed by atoms with van der Waals surface area (Å²) in [5, 5.41) is 0. The van der Waals surface area contributed by atoms with Crippen LogP contribution in [0.15, 0.2) is 34.9 Å². The Bertz CT molecular complexity index is 418. The van der Waals surface area contributed by atoms with Gasteiger partial charge in [-0.25, -0.2) is 4.31 Å². The summed E-state index contributed by atoms with van der Waals surface area (Å²) >= 11 is 1.51. The zero-order chi connectivity index (χ0) is 13.6. The van der Waals surface area contributed by atoms with Gasteiger partial charge in [-0.3, -0.25) is 0 Å². The maximum absolute atomic E-state index is 11.9. The van der Waals surface area contributed by atoms with Crippen LogP contribution in [-0.4, -0.2) is 37.3 Å². The number of allylic oxidation sites excluding steroid dienone is 1. The third-order valence-corrected chi connectivity index (χ3v) is 2.58. The summed E-state index contributed by atoms with van der Waals surface area (Å²) in [5.74, 6) is -0.410. The second-order valence-electron chi connectivity index (χ2n) is 3.31. The minimum atomic E-state index is -4.70. The van der Waals surface area contributed by atoms with Crippen molar-refractivity contribution in [3.05, 3.63) is 34.9 Å². The van der Waals surface area contributed by atoms with Gasteiger partial charge in [0, 0.05) is 5.57 Å². The fourth-order valence-electron chi connectivity index (χ4n) is 1.01. The standard InChI is InChI=1S/C11H12F3NO2S/c1-15(18-2)8-16-7-9-3-5-10(6-4-9)17-11(12,13)14/h3,5H,7-8H2,1-2H3. The predicted molar refractivity (Wildman–Crippen MR) is 62.4 cm³/mol. The largest absolute Gasteiger partial charge is 0.573 e. The van der Waals surface area contributed by atoms with Gasteiger partial charge >= 0.3 is 6.36 Å². The lowest BCUT2D eigenvalue weighted by Gasteiger charge is -2.13. The minimum absolute atomic E-state index is 0.258. The molecular weight excluding hydrogens is 267 g/mol. The van der Waals surface area contributed by atoms with E-state index in [0.717, 1.165) is 0 Å². The lowest BCUT2D eigenvalue weighted by atomic mass is 10.2. The predicted octanol–water partition coefficient (Wildman–Crippen LogP) is 2.84. The number of nitrogens with zero attached hydrogens (tertiary/aromatic N) is 1. The van der Waals surface area contributed by atoms with Crippen molar-refractivity contribution in [1.82, 2.24) is 4.31 Å². The van der Waals surface area contributed by atoms with Gasteiger partial charge in [-0.1, -0.05) is 17.7 Å². The molecule has 0 aromatic carbocycles. The van der Waals surface area contributed by atoms with E-state index in [0.29, 0.717) is 12.3 Å². The van der Waals surface area contributed by atoms with Crippen molar-refractivity contribution >= 4 is 11.9 Å². The van der Waals surface area contributed by atoms with E-state index in [-0.39, 0.29) is 6.61 Å². The molecule has 0 unspecified atom stereocenters. The molecule has 1 aliphatic carbocycles. The molecule has 0 aromatic heterocycles. The van der Waals surface area contributed by atoms with Gasteiger partial charge in [-0.05, 0) is 31.2 Å². The number of rotatable bonds is 6. The number of halogens is 3. The van der Waals surface area contributed by atoms with Crippen molar-refractivity contribution < 1.29 is 22.6 Å². The lowest BCUT2D eigenvalue weighted by molar-refractivity contribution is -0.303. The molecule has 18 heavy (non-hydrogen) atoms. The second kappa shape index (κ2) is 6.73. The first-order valence-electron chi connectivity index (χ1n) is 4.92. The average molecular weight is 279 g/mol. The van der Waals surface area contributed by atoms with Crippen LogP contribution in [0.4, 0.5) is 13.2 Å². The molecule has 0 bridgehead atoms. The monoisotopic (exact) mass is 279 g/mol. The van der Waals surface area contributed by atoms with Crippen molar-refractivity contribution in [2.45, 2.75) is 6.36 Å². The van der Waals surface area contributed by atoms with Gasteiger partial charge in [0.05, 0.1) is 6.61 Å². The van der Waals surface area contributed by atoms with Crippen LogP contribution in [-0.2, 0) is 9.47 Å². The maximum atomic E-state index is 11.9. The number of alkyl halides is 3. The Hall–Kier alpha value is -1.10. The molecule has 7 heteroatoms. The molecule has 1 rings (SSSR count). The quantitative estimate of drug-likeness (QED) is 0.423. The molecule has 0 spiro atoms. The van der Waals surface area contributed by atoms with E-state index in [4.69, 9.17) is 4.74 Å². The van der Waals surface area contributed by atoms with Crippen LogP contribution < -0.4 is 0 Å². The highest BCUT2D eigenvalue weighted by Crippen LogP contribution is 2.21. The van der Waals surface area contributed by atoms with E-state index in [9.17, 15) is 13.2 Å². The Morgan fingerprint density at radius 2 is 2.06 bits per heavy atom. The minimum Gasteiger partial charge on any atom is -0.397 e. The molecule has 0 N–H and O–H groups in total. The van der Waals surface area contributed by atoms with E-state index in [1.165, 1.54) is 24.1 Å². The van der Waals surface area contributed by atoms with E-state index in [2.05, 4.69) is 16.2 Å². The first-order chi connectivity index (χ1) is 8.40. The van der Waals surface area contributed by atoms with Crippen molar-refractivity contribution in [3.63, 3.8) is 0 Å². The van der Waals surface area contributed by atoms with Crippen LogP contribution in [0.1, 0.15) is 0 Å². The SMILES string of the molecule is CSN(C)COCC1=C=C=C(OC(F)(F)F)C=C1. The Morgan fingerprint density at radius 1 is 1.33 bits per heavy atom. The zero-order valence-corrected chi connectivity index (χ0v) is 10.7. The Balaban J connectivity index is 2.50. The van der Waals surface area contributed by atoms with Gasteiger partial charge in [0.25, 0.3) is 0 Å². The van der Waals surface area contributed by atoms with Crippen LogP contribution in [0.5, 0.6) is 0 Å². The Kier molecular flexibility index (Phi) is 5.59. The highest BCUT2D eigenvalue weighted by atomic mass is 32.2. The van der Waals surface area contributed by atoms with Gasteiger partial charge in [0.15, 0.2) is 5.76 Å². The Morgan fingerprint density at radius 3 is 2.56 bits per heavy atom. The second-order valence-corrected chi connectivity index (χ2v) is 4.30.